The van der Waals surface area contributed by atoms with E-state index < -0.39 is 5.97 Å². The van der Waals surface area contributed by atoms with E-state index in [0.717, 1.165) is 12.8 Å². The first-order valence-corrected chi connectivity index (χ1v) is 9.27. The van der Waals surface area contributed by atoms with Gasteiger partial charge in [0.2, 0.25) is 5.95 Å². The number of nitrogens with one attached hydrogen (secondary N) is 2. The third-order valence-corrected chi connectivity index (χ3v) is 4.24. The minimum absolute atomic E-state index is 0.221. The third kappa shape index (κ3) is 5.62. The second-order valence-electron chi connectivity index (χ2n) is 6.27. The van der Waals surface area contributed by atoms with Gasteiger partial charge in [-0.3, -0.25) is 4.79 Å². The maximum absolute atomic E-state index is 12.4. The molecule has 0 saturated carbocycles. The van der Waals surface area contributed by atoms with Crippen LogP contribution < -0.4 is 10.6 Å². The highest BCUT2D eigenvalue weighted by atomic mass is 16.5. The van der Waals surface area contributed by atoms with Gasteiger partial charge in [-0.05, 0) is 36.6 Å². The summed E-state index contributed by atoms with van der Waals surface area (Å²) in [6.45, 7) is 0.547. The fourth-order valence-corrected chi connectivity index (χ4v) is 2.78. The molecule has 3 aromatic rings. The van der Waals surface area contributed by atoms with E-state index in [0.29, 0.717) is 17.8 Å². The monoisotopic (exact) mass is 390 g/mol. The van der Waals surface area contributed by atoms with Crippen LogP contribution in [0, 0.1) is 0 Å². The van der Waals surface area contributed by atoms with Crippen LogP contribution in [0.1, 0.15) is 32.8 Å². The Morgan fingerprint density at radius 2 is 1.76 bits per heavy atom. The average Bonchev–Trinajstić information content (AvgIpc) is 2.77. The number of esters is 1. The number of rotatable bonds is 8. The van der Waals surface area contributed by atoms with E-state index in [-0.39, 0.29) is 17.5 Å². The van der Waals surface area contributed by atoms with Crippen LogP contribution in [0.2, 0.25) is 0 Å². The van der Waals surface area contributed by atoms with Crippen LogP contribution in [0.4, 0.5) is 11.6 Å². The molecule has 3 rings (SSSR count). The number of amides is 1. The lowest BCUT2D eigenvalue weighted by atomic mass is 10.1. The number of carbonyl (C=O) groups is 2. The van der Waals surface area contributed by atoms with Crippen molar-refractivity contribution in [1.82, 2.24) is 15.3 Å². The van der Waals surface area contributed by atoms with Crippen molar-refractivity contribution in [3.05, 3.63) is 83.7 Å². The van der Waals surface area contributed by atoms with Gasteiger partial charge < -0.3 is 15.4 Å². The maximum atomic E-state index is 12.4. The third-order valence-electron chi connectivity index (χ3n) is 4.24. The number of methoxy groups -OCH3 is 1. The minimum atomic E-state index is -0.472. The predicted octanol–water partition coefficient (Wildman–Crippen LogP) is 3.37. The number of ether oxygens (including phenoxy) is 1. The van der Waals surface area contributed by atoms with Crippen molar-refractivity contribution in [2.75, 3.05) is 19.0 Å². The van der Waals surface area contributed by atoms with E-state index >= 15 is 0 Å². The summed E-state index contributed by atoms with van der Waals surface area (Å²) in [5.41, 5.74) is 2.34. The molecule has 0 spiro atoms. The number of carbonyl (C=O) groups excluding carboxylic acids is 2. The molecule has 2 aromatic carbocycles. The molecule has 1 aromatic heterocycles. The Morgan fingerprint density at radius 3 is 2.55 bits per heavy atom. The normalized spacial score (nSPS) is 10.2. The van der Waals surface area contributed by atoms with Gasteiger partial charge in [0.15, 0.2) is 0 Å². The van der Waals surface area contributed by atoms with Gasteiger partial charge in [-0.15, -0.1) is 0 Å². The molecule has 0 fully saturated rings. The van der Waals surface area contributed by atoms with Gasteiger partial charge in [-0.25, -0.2) is 14.8 Å². The summed E-state index contributed by atoms with van der Waals surface area (Å²) in [7, 11) is 1.32. The quantitative estimate of drug-likeness (QED) is 0.452. The van der Waals surface area contributed by atoms with Crippen LogP contribution in [-0.2, 0) is 11.2 Å². The Hall–Kier alpha value is -3.74. The molecule has 0 aliphatic carbocycles. The molecule has 0 radical (unpaired) electrons. The van der Waals surface area contributed by atoms with Crippen molar-refractivity contribution in [2.24, 2.45) is 0 Å². The van der Waals surface area contributed by atoms with E-state index in [9.17, 15) is 9.59 Å². The van der Waals surface area contributed by atoms with Crippen molar-refractivity contribution >= 4 is 23.5 Å². The standard InChI is InChI=1S/C22H22N4O3/c1-29-21(28)17-11-5-6-12-18(17)25-22-24-15-13-19(26-22)20(27)23-14-7-10-16-8-3-2-4-9-16/h2-6,8-9,11-13,15H,7,10,14H2,1H3,(H,23,27)(H,24,25,26). The molecule has 0 unspecified atom stereocenters. The number of hydrogen-bond acceptors (Lipinski definition) is 6. The number of anilines is 2. The Morgan fingerprint density at radius 1 is 1.00 bits per heavy atom. The van der Waals surface area contributed by atoms with E-state index in [1.807, 2.05) is 18.2 Å². The zero-order valence-electron chi connectivity index (χ0n) is 16.1. The van der Waals surface area contributed by atoms with Crippen molar-refractivity contribution in [3.8, 4) is 0 Å². The molecule has 0 aliphatic heterocycles. The second kappa shape index (κ2) is 9.98. The number of para-hydroxylation sites is 1. The van der Waals surface area contributed by atoms with Gasteiger partial charge in [-0.1, -0.05) is 42.5 Å². The zero-order valence-corrected chi connectivity index (χ0v) is 16.1. The van der Waals surface area contributed by atoms with Crippen LogP contribution >= 0.6 is 0 Å². The number of hydrogen-bond donors (Lipinski definition) is 2. The van der Waals surface area contributed by atoms with Crippen molar-refractivity contribution in [2.45, 2.75) is 12.8 Å². The number of aromatic nitrogens is 2. The van der Waals surface area contributed by atoms with Gasteiger partial charge in [0.05, 0.1) is 18.4 Å². The Kier molecular flexibility index (Phi) is 6.89. The molecule has 0 atom stereocenters. The smallest absolute Gasteiger partial charge is 0.339 e. The summed E-state index contributed by atoms with van der Waals surface area (Å²) < 4.78 is 4.78. The van der Waals surface area contributed by atoms with Gasteiger partial charge >= 0.3 is 5.97 Å². The number of benzene rings is 2. The van der Waals surface area contributed by atoms with Crippen LogP contribution in [-0.4, -0.2) is 35.5 Å². The lowest BCUT2D eigenvalue weighted by Gasteiger charge is -2.10. The summed E-state index contributed by atoms with van der Waals surface area (Å²) >= 11 is 0. The van der Waals surface area contributed by atoms with Crippen LogP contribution in [0.15, 0.2) is 66.9 Å². The largest absolute Gasteiger partial charge is 0.465 e. The summed E-state index contributed by atoms with van der Waals surface area (Å²) in [6, 6.07) is 18.5. The first kappa shape index (κ1) is 20.0. The van der Waals surface area contributed by atoms with E-state index in [4.69, 9.17) is 4.74 Å². The van der Waals surface area contributed by atoms with Crippen LogP contribution in [0.5, 0.6) is 0 Å². The van der Waals surface area contributed by atoms with Crippen molar-refractivity contribution in [1.29, 1.82) is 0 Å². The highest BCUT2D eigenvalue weighted by molar-refractivity contribution is 5.96. The topological polar surface area (TPSA) is 93.2 Å². The predicted molar refractivity (Wildman–Crippen MR) is 110 cm³/mol. The average molecular weight is 390 g/mol. The molecule has 0 aliphatic rings. The lowest BCUT2D eigenvalue weighted by molar-refractivity contribution is 0.0601. The highest BCUT2D eigenvalue weighted by Gasteiger charge is 2.13. The SMILES string of the molecule is COC(=O)c1ccccc1Nc1nccc(C(=O)NCCCc2ccccc2)n1. The Bertz CT molecular complexity index is 977. The molecule has 1 heterocycles. The number of aryl methyl sites for hydroxylation is 1. The molecule has 7 heteroatoms. The summed E-state index contributed by atoms with van der Waals surface area (Å²) in [5.74, 6) is -0.525. The first-order chi connectivity index (χ1) is 14.2. The summed E-state index contributed by atoms with van der Waals surface area (Å²) in [5, 5.41) is 5.84. The van der Waals surface area contributed by atoms with Gasteiger partial charge in [0.1, 0.15) is 5.69 Å². The van der Waals surface area contributed by atoms with E-state index in [1.165, 1.54) is 18.9 Å². The molecule has 148 valence electrons. The molecule has 0 bridgehead atoms. The second-order valence-corrected chi connectivity index (χ2v) is 6.27. The zero-order chi connectivity index (χ0) is 20.5. The maximum Gasteiger partial charge on any atom is 0.339 e. The molecule has 0 saturated heterocycles. The van der Waals surface area contributed by atoms with Crippen molar-refractivity contribution < 1.29 is 14.3 Å². The van der Waals surface area contributed by atoms with Crippen molar-refractivity contribution in [3.63, 3.8) is 0 Å². The fraction of sp³-hybridized carbons (Fsp3) is 0.182. The summed E-state index contributed by atoms with van der Waals surface area (Å²) in [4.78, 5) is 32.6. The minimum Gasteiger partial charge on any atom is -0.465 e. The molecule has 2 N–H and O–H groups in total. The van der Waals surface area contributed by atoms with Gasteiger partial charge in [0, 0.05) is 12.7 Å². The molecule has 7 nitrogen and oxygen atoms in total. The van der Waals surface area contributed by atoms with Gasteiger partial charge in [-0.2, -0.15) is 0 Å². The summed E-state index contributed by atoms with van der Waals surface area (Å²) in [6.07, 6.45) is 3.22. The van der Waals surface area contributed by atoms with Crippen LogP contribution in [0.25, 0.3) is 0 Å². The van der Waals surface area contributed by atoms with Crippen LogP contribution in [0.3, 0.4) is 0 Å². The molecule has 29 heavy (non-hydrogen) atoms. The molecular formula is C22H22N4O3. The van der Waals surface area contributed by atoms with Gasteiger partial charge in [0.25, 0.3) is 5.91 Å². The Balaban J connectivity index is 1.59. The first-order valence-electron chi connectivity index (χ1n) is 9.27. The number of nitrogens with zero attached hydrogens (tertiary/aromatic N) is 2. The van der Waals surface area contributed by atoms with E-state index in [2.05, 4.69) is 32.7 Å². The molecule has 1 amide bonds. The fourth-order valence-electron chi connectivity index (χ4n) is 2.78. The molecular weight excluding hydrogens is 368 g/mol. The highest BCUT2D eigenvalue weighted by Crippen LogP contribution is 2.19. The Labute approximate surface area is 169 Å². The lowest BCUT2D eigenvalue weighted by Crippen LogP contribution is -2.26. The van der Waals surface area contributed by atoms with E-state index in [1.54, 1.807) is 30.3 Å².